The summed E-state index contributed by atoms with van der Waals surface area (Å²) in [7, 11) is 0. The highest BCUT2D eigenvalue weighted by Gasteiger charge is 2.24. The highest BCUT2D eigenvalue weighted by Crippen LogP contribution is 2.08. The van der Waals surface area contributed by atoms with E-state index in [9.17, 15) is 0 Å². The molecule has 1 aliphatic heterocycles. The molecule has 0 unspecified atom stereocenters. The van der Waals surface area contributed by atoms with Gasteiger partial charge in [-0.1, -0.05) is 5.16 Å². The lowest BCUT2D eigenvalue weighted by Gasteiger charge is -2.03. The molecule has 0 radical (unpaired) electrons. The number of aliphatic hydroxyl groups excluding tert-OH is 1. The van der Waals surface area contributed by atoms with Gasteiger partial charge in [-0.3, -0.25) is 0 Å². The number of oxime groups is 1. The van der Waals surface area contributed by atoms with Crippen molar-refractivity contribution in [2.45, 2.75) is 26.1 Å². The molecule has 0 aromatic carbocycles. The van der Waals surface area contributed by atoms with Crippen molar-refractivity contribution in [1.29, 1.82) is 0 Å². The van der Waals surface area contributed by atoms with E-state index in [4.69, 9.17) is 9.94 Å². The molecule has 1 rings (SSSR count). The lowest BCUT2D eigenvalue weighted by molar-refractivity contribution is 0.0344. The van der Waals surface area contributed by atoms with E-state index in [-0.39, 0.29) is 6.10 Å². The highest BCUT2D eigenvalue weighted by molar-refractivity contribution is 5.87. The number of nitrogens with zero attached hydrogens (tertiary/aromatic N) is 1. The maximum atomic E-state index is 9.01. The van der Waals surface area contributed by atoms with Crippen molar-refractivity contribution in [3.05, 3.63) is 0 Å². The van der Waals surface area contributed by atoms with E-state index >= 15 is 0 Å². The van der Waals surface area contributed by atoms with Crippen molar-refractivity contribution in [1.82, 2.24) is 0 Å². The molecule has 2 atom stereocenters. The predicted octanol–water partition coefficient (Wildman–Crippen LogP) is 0.142. The minimum absolute atomic E-state index is 0.157. The van der Waals surface area contributed by atoms with Crippen LogP contribution in [-0.4, -0.2) is 23.0 Å². The van der Waals surface area contributed by atoms with Gasteiger partial charge in [-0.25, -0.2) is 0 Å². The Morgan fingerprint density at radius 2 is 2.38 bits per heavy atom. The molecule has 0 spiro atoms. The first-order chi connectivity index (χ1) is 3.72. The van der Waals surface area contributed by atoms with Crippen LogP contribution in [-0.2, 0) is 4.84 Å². The van der Waals surface area contributed by atoms with Gasteiger partial charge in [-0.15, -0.1) is 0 Å². The summed E-state index contributed by atoms with van der Waals surface area (Å²) in [5.41, 5.74) is 0.664. The van der Waals surface area contributed by atoms with Crippen molar-refractivity contribution in [2.24, 2.45) is 5.16 Å². The molecular weight excluding hydrogens is 106 g/mol. The van der Waals surface area contributed by atoms with Crippen LogP contribution in [0.5, 0.6) is 0 Å². The summed E-state index contributed by atoms with van der Waals surface area (Å²) in [6.07, 6.45) is -0.648. The first-order valence-electron chi connectivity index (χ1n) is 2.60. The maximum Gasteiger partial charge on any atom is 0.155 e. The van der Waals surface area contributed by atoms with Gasteiger partial charge in [0, 0.05) is 0 Å². The summed E-state index contributed by atoms with van der Waals surface area (Å²) in [6, 6.07) is 0. The second kappa shape index (κ2) is 1.74. The van der Waals surface area contributed by atoms with Crippen LogP contribution in [0.4, 0.5) is 0 Å². The van der Waals surface area contributed by atoms with Gasteiger partial charge in [-0.05, 0) is 13.8 Å². The van der Waals surface area contributed by atoms with E-state index in [0.29, 0.717) is 5.71 Å². The van der Waals surface area contributed by atoms with Crippen LogP contribution < -0.4 is 0 Å². The number of hydrogen-bond donors (Lipinski definition) is 1. The highest BCUT2D eigenvalue weighted by atomic mass is 16.7. The first kappa shape index (κ1) is 5.56. The molecule has 0 aromatic rings. The Balaban J connectivity index is 2.59. The fraction of sp³-hybridized carbons (Fsp3) is 0.800. The van der Waals surface area contributed by atoms with Crippen molar-refractivity contribution in [2.75, 3.05) is 0 Å². The quantitative estimate of drug-likeness (QED) is 0.488. The van der Waals surface area contributed by atoms with Crippen LogP contribution >= 0.6 is 0 Å². The van der Waals surface area contributed by atoms with Gasteiger partial charge < -0.3 is 9.94 Å². The fourth-order valence-corrected chi connectivity index (χ4v) is 0.618. The number of hydrogen-bond acceptors (Lipinski definition) is 3. The fourth-order valence-electron chi connectivity index (χ4n) is 0.618. The van der Waals surface area contributed by atoms with Crippen molar-refractivity contribution in [3.8, 4) is 0 Å². The normalized spacial score (nSPS) is 36.6. The summed E-state index contributed by atoms with van der Waals surface area (Å²) in [6.45, 7) is 3.53. The van der Waals surface area contributed by atoms with E-state index in [1.54, 1.807) is 13.8 Å². The lowest BCUT2D eigenvalue weighted by atomic mass is 10.2. The van der Waals surface area contributed by atoms with Gasteiger partial charge in [-0.2, -0.15) is 0 Å². The molecule has 0 fully saturated rings. The molecule has 0 saturated carbocycles. The van der Waals surface area contributed by atoms with Crippen LogP contribution in [0.1, 0.15) is 13.8 Å². The second-order valence-corrected chi connectivity index (χ2v) is 1.99. The molecule has 46 valence electrons. The second-order valence-electron chi connectivity index (χ2n) is 1.99. The Hall–Kier alpha value is -0.570. The number of rotatable bonds is 0. The summed E-state index contributed by atoms with van der Waals surface area (Å²) < 4.78 is 0. The van der Waals surface area contributed by atoms with Crippen molar-refractivity contribution in [3.63, 3.8) is 0 Å². The van der Waals surface area contributed by atoms with E-state index < -0.39 is 6.10 Å². The molecule has 0 aliphatic carbocycles. The average Bonchev–Trinajstić information content (AvgIpc) is 1.98. The maximum absolute atomic E-state index is 9.01. The Morgan fingerprint density at radius 1 is 1.75 bits per heavy atom. The third-order valence-corrected chi connectivity index (χ3v) is 1.24. The standard InChI is InChI=1S/C5H9NO2/c1-3-5(7)4(2)8-6-3/h4-5,7H,1-2H3/t4-,5+/m0/s1. The van der Waals surface area contributed by atoms with Gasteiger partial charge in [0.25, 0.3) is 0 Å². The molecular formula is C5H9NO2. The van der Waals surface area contributed by atoms with Crippen LogP contribution in [0.2, 0.25) is 0 Å². The van der Waals surface area contributed by atoms with E-state index in [1.165, 1.54) is 0 Å². The molecule has 0 amide bonds. The van der Waals surface area contributed by atoms with Crippen LogP contribution in [0.3, 0.4) is 0 Å². The predicted molar refractivity (Wildman–Crippen MR) is 29.7 cm³/mol. The smallest absolute Gasteiger partial charge is 0.155 e. The minimum Gasteiger partial charge on any atom is -0.390 e. The average molecular weight is 115 g/mol. The van der Waals surface area contributed by atoms with E-state index in [1.807, 2.05) is 0 Å². The SMILES string of the molecule is CC1=NO[C@@H](C)[C@@H]1O. The molecule has 1 N–H and O–H groups in total. The van der Waals surface area contributed by atoms with Crippen molar-refractivity contribution < 1.29 is 9.94 Å². The number of aliphatic hydroxyl groups is 1. The Labute approximate surface area is 48.0 Å². The van der Waals surface area contributed by atoms with Gasteiger partial charge in [0.05, 0.1) is 5.71 Å². The van der Waals surface area contributed by atoms with Gasteiger partial charge >= 0.3 is 0 Å². The molecule has 0 saturated heterocycles. The summed E-state index contributed by atoms with van der Waals surface area (Å²) >= 11 is 0. The summed E-state index contributed by atoms with van der Waals surface area (Å²) in [4.78, 5) is 4.72. The monoisotopic (exact) mass is 115 g/mol. The topological polar surface area (TPSA) is 41.8 Å². The molecule has 1 heterocycles. The van der Waals surface area contributed by atoms with E-state index in [2.05, 4.69) is 5.16 Å². The zero-order valence-corrected chi connectivity index (χ0v) is 4.96. The third-order valence-electron chi connectivity index (χ3n) is 1.24. The minimum atomic E-state index is -0.491. The summed E-state index contributed by atoms with van der Waals surface area (Å²) in [5, 5.41) is 12.6. The first-order valence-corrected chi connectivity index (χ1v) is 2.60. The van der Waals surface area contributed by atoms with Crippen LogP contribution in [0.15, 0.2) is 5.16 Å². The van der Waals surface area contributed by atoms with Gasteiger partial charge in [0.1, 0.15) is 6.10 Å². The molecule has 3 nitrogen and oxygen atoms in total. The van der Waals surface area contributed by atoms with E-state index in [0.717, 1.165) is 0 Å². The van der Waals surface area contributed by atoms with Crippen LogP contribution in [0, 0.1) is 0 Å². The molecule has 0 aromatic heterocycles. The Morgan fingerprint density at radius 3 is 2.50 bits per heavy atom. The van der Waals surface area contributed by atoms with Crippen LogP contribution in [0.25, 0.3) is 0 Å². The lowest BCUT2D eigenvalue weighted by Crippen LogP contribution is -2.24. The zero-order valence-electron chi connectivity index (χ0n) is 4.96. The van der Waals surface area contributed by atoms with Crippen molar-refractivity contribution >= 4 is 5.71 Å². The molecule has 0 bridgehead atoms. The zero-order chi connectivity index (χ0) is 6.15. The Kier molecular flexibility index (Phi) is 1.21. The summed E-state index contributed by atoms with van der Waals surface area (Å²) in [5.74, 6) is 0. The largest absolute Gasteiger partial charge is 0.390 e. The third kappa shape index (κ3) is 0.690. The molecule has 1 aliphatic rings. The molecule has 8 heavy (non-hydrogen) atoms. The van der Waals surface area contributed by atoms with Gasteiger partial charge in [0.2, 0.25) is 0 Å². The van der Waals surface area contributed by atoms with Gasteiger partial charge in [0.15, 0.2) is 6.10 Å². The Bertz CT molecular complexity index is 122. The molecule has 3 heteroatoms.